The molecule has 0 aliphatic carbocycles. The highest BCUT2D eigenvalue weighted by molar-refractivity contribution is 7.99. The molecule has 19 heavy (non-hydrogen) atoms. The first-order valence-corrected chi connectivity index (χ1v) is 7.27. The van der Waals surface area contributed by atoms with Crippen LogP contribution in [0.2, 0.25) is 0 Å². The second-order valence-electron chi connectivity index (χ2n) is 4.49. The molecule has 1 N–H and O–H groups in total. The van der Waals surface area contributed by atoms with Crippen LogP contribution in [0.15, 0.2) is 30.5 Å². The number of nitro benzene ring substituents is 1. The lowest BCUT2D eigenvalue weighted by Gasteiger charge is -2.14. The first-order chi connectivity index (χ1) is 9.25. The molecule has 1 unspecified atom stereocenters. The fourth-order valence-corrected chi connectivity index (χ4v) is 3.45. The van der Waals surface area contributed by atoms with Gasteiger partial charge < -0.3 is 5.32 Å². The molecule has 0 saturated carbocycles. The van der Waals surface area contributed by atoms with Crippen molar-refractivity contribution in [1.82, 2.24) is 4.98 Å². The predicted molar refractivity (Wildman–Crippen MR) is 77.8 cm³/mol. The number of nitro groups is 1. The van der Waals surface area contributed by atoms with Crippen LogP contribution in [0, 0.1) is 10.1 Å². The van der Waals surface area contributed by atoms with Gasteiger partial charge in [-0.05, 0) is 18.2 Å². The molecule has 2 heterocycles. The predicted octanol–water partition coefficient (Wildman–Crippen LogP) is 3.06. The fraction of sp³-hybridized carbons (Fsp3) is 0.308. The number of anilines is 1. The van der Waals surface area contributed by atoms with Gasteiger partial charge in [0.05, 0.1) is 4.92 Å². The van der Waals surface area contributed by atoms with Crippen LogP contribution in [0.1, 0.15) is 6.42 Å². The molecular weight excluding hydrogens is 262 g/mol. The highest BCUT2D eigenvalue weighted by Crippen LogP contribution is 2.30. The van der Waals surface area contributed by atoms with Gasteiger partial charge in [-0.1, -0.05) is 12.1 Å². The Morgan fingerprint density at radius 3 is 3.05 bits per heavy atom. The Labute approximate surface area is 114 Å². The number of hydrogen-bond donors (Lipinski definition) is 1. The van der Waals surface area contributed by atoms with Gasteiger partial charge in [0.1, 0.15) is 5.52 Å². The number of non-ortho nitro benzene ring substituents is 1. The van der Waals surface area contributed by atoms with Crippen molar-refractivity contribution in [3.8, 4) is 0 Å². The summed E-state index contributed by atoms with van der Waals surface area (Å²) < 4.78 is 0. The minimum absolute atomic E-state index is 0.0574. The summed E-state index contributed by atoms with van der Waals surface area (Å²) in [6.45, 7) is 0. The van der Waals surface area contributed by atoms with E-state index < -0.39 is 0 Å². The molecule has 3 rings (SSSR count). The van der Waals surface area contributed by atoms with Gasteiger partial charge in [0.15, 0.2) is 0 Å². The number of para-hydroxylation sites is 1. The zero-order chi connectivity index (χ0) is 13.2. The third-order valence-corrected chi connectivity index (χ3v) is 4.40. The second kappa shape index (κ2) is 5.05. The zero-order valence-corrected chi connectivity index (χ0v) is 11.0. The summed E-state index contributed by atoms with van der Waals surface area (Å²) in [4.78, 5) is 14.8. The maximum atomic E-state index is 11.0. The first-order valence-electron chi connectivity index (χ1n) is 6.12. The van der Waals surface area contributed by atoms with Crippen molar-refractivity contribution in [3.63, 3.8) is 0 Å². The Morgan fingerprint density at radius 2 is 2.32 bits per heavy atom. The van der Waals surface area contributed by atoms with E-state index in [0.717, 1.165) is 23.2 Å². The van der Waals surface area contributed by atoms with E-state index >= 15 is 0 Å². The van der Waals surface area contributed by atoms with Gasteiger partial charge in [0, 0.05) is 35.1 Å². The van der Waals surface area contributed by atoms with Gasteiger partial charge in [0.25, 0.3) is 5.69 Å². The number of fused-ring (bicyclic) bond motifs is 1. The minimum Gasteiger partial charge on any atom is -0.381 e. The molecule has 2 aromatic rings. The van der Waals surface area contributed by atoms with Crippen LogP contribution in [-0.4, -0.2) is 27.5 Å². The van der Waals surface area contributed by atoms with Crippen LogP contribution in [-0.2, 0) is 0 Å². The Bertz CT molecular complexity index is 626. The summed E-state index contributed by atoms with van der Waals surface area (Å²) in [7, 11) is 0. The van der Waals surface area contributed by atoms with Gasteiger partial charge in [-0.3, -0.25) is 10.1 Å². The molecule has 1 aromatic carbocycles. The van der Waals surface area contributed by atoms with Crippen molar-refractivity contribution in [2.45, 2.75) is 12.5 Å². The number of rotatable bonds is 3. The number of nitrogens with zero attached hydrogens (tertiary/aromatic N) is 2. The van der Waals surface area contributed by atoms with Gasteiger partial charge >= 0.3 is 0 Å². The van der Waals surface area contributed by atoms with Crippen molar-refractivity contribution in [1.29, 1.82) is 0 Å². The van der Waals surface area contributed by atoms with E-state index in [2.05, 4.69) is 10.3 Å². The van der Waals surface area contributed by atoms with E-state index in [9.17, 15) is 10.1 Å². The van der Waals surface area contributed by atoms with E-state index in [1.807, 2.05) is 23.9 Å². The van der Waals surface area contributed by atoms with E-state index in [1.54, 1.807) is 12.3 Å². The summed E-state index contributed by atoms with van der Waals surface area (Å²) >= 11 is 1.93. The maximum absolute atomic E-state index is 11.0. The van der Waals surface area contributed by atoms with Crippen LogP contribution in [0.4, 0.5) is 11.4 Å². The Hall–Kier alpha value is -1.82. The zero-order valence-electron chi connectivity index (χ0n) is 10.2. The Morgan fingerprint density at radius 1 is 1.42 bits per heavy atom. The van der Waals surface area contributed by atoms with E-state index in [1.165, 1.54) is 11.8 Å². The van der Waals surface area contributed by atoms with Gasteiger partial charge in [-0.25, -0.2) is 4.98 Å². The van der Waals surface area contributed by atoms with E-state index in [4.69, 9.17) is 0 Å². The van der Waals surface area contributed by atoms with Crippen LogP contribution < -0.4 is 5.32 Å². The third-order valence-electron chi connectivity index (χ3n) is 3.24. The van der Waals surface area contributed by atoms with Crippen LogP contribution in [0.3, 0.4) is 0 Å². The first kappa shape index (κ1) is 12.2. The SMILES string of the molecule is O=[N+]([O-])c1cccc2c(NC3CCSC3)ccnc12. The standard InChI is InChI=1S/C13H13N3O2S/c17-16(18)12-3-1-2-10-11(4-6-14-13(10)12)15-9-5-7-19-8-9/h1-4,6,9H,5,7-8H2,(H,14,15). The Balaban J connectivity index is 2.05. The molecule has 1 aliphatic heterocycles. The van der Waals surface area contributed by atoms with Gasteiger partial charge in [-0.2, -0.15) is 11.8 Å². The molecule has 98 valence electrons. The van der Waals surface area contributed by atoms with Crippen LogP contribution in [0.5, 0.6) is 0 Å². The quantitative estimate of drug-likeness (QED) is 0.688. The molecule has 1 atom stereocenters. The van der Waals surface area contributed by atoms with Crippen molar-refractivity contribution < 1.29 is 4.92 Å². The second-order valence-corrected chi connectivity index (χ2v) is 5.64. The minimum atomic E-state index is -0.384. The van der Waals surface area contributed by atoms with Gasteiger partial charge in [0.2, 0.25) is 0 Å². The van der Waals surface area contributed by atoms with E-state index in [0.29, 0.717) is 11.6 Å². The Kier molecular flexibility index (Phi) is 3.25. The molecular formula is C13H13N3O2S. The number of hydrogen-bond acceptors (Lipinski definition) is 5. The topological polar surface area (TPSA) is 68.1 Å². The summed E-state index contributed by atoms with van der Waals surface area (Å²) in [5.74, 6) is 2.25. The lowest BCUT2D eigenvalue weighted by atomic mass is 10.1. The van der Waals surface area contributed by atoms with E-state index in [-0.39, 0.29) is 10.6 Å². The summed E-state index contributed by atoms with van der Waals surface area (Å²) in [6, 6.07) is 7.39. The molecule has 0 bridgehead atoms. The highest BCUT2D eigenvalue weighted by atomic mass is 32.2. The number of pyridine rings is 1. The molecule has 5 nitrogen and oxygen atoms in total. The van der Waals surface area contributed by atoms with Crippen LogP contribution in [0.25, 0.3) is 10.9 Å². The molecule has 1 fully saturated rings. The van der Waals surface area contributed by atoms with Crippen LogP contribution >= 0.6 is 11.8 Å². The molecule has 0 amide bonds. The third kappa shape index (κ3) is 2.35. The lowest BCUT2D eigenvalue weighted by Crippen LogP contribution is -2.18. The number of aromatic nitrogens is 1. The molecule has 1 aromatic heterocycles. The summed E-state index contributed by atoms with van der Waals surface area (Å²) in [5.41, 5.74) is 1.44. The normalized spacial score (nSPS) is 18.6. The largest absolute Gasteiger partial charge is 0.381 e. The number of benzene rings is 1. The fourth-order valence-electron chi connectivity index (χ4n) is 2.30. The molecule has 1 saturated heterocycles. The van der Waals surface area contributed by atoms with Crippen molar-refractivity contribution in [2.75, 3.05) is 16.8 Å². The van der Waals surface area contributed by atoms with Gasteiger partial charge in [-0.15, -0.1) is 0 Å². The van der Waals surface area contributed by atoms with Crippen molar-refractivity contribution >= 4 is 34.0 Å². The van der Waals surface area contributed by atoms with Crippen molar-refractivity contribution in [2.24, 2.45) is 0 Å². The number of nitrogens with one attached hydrogen (secondary N) is 1. The monoisotopic (exact) mass is 275 g/mol. The molecule has 6 heteroatoms. The maximum Gasteiger partial charge on any atom is 0.295 e. The molecule has 1 aliphatic rings. The average molecular weight is 275 g/mol. The average Bonchev–Trinajstić information content (AvgIpc) is 2.91. The van der Waals surface area contributed by atoms with Crippen molar-refractivity contribution in [3.05, 3.63) is 40.6 Å². The highest BCUT2D eigenvalue weighted by Gasteiger charge is 2.18. The summed E-state index contributed by atoms with van der Waals surface area (Å²) in [6.07, 6.45) is 2.75. The smallest absolute Gasteiger partial charge is 0.295 e. The number of thioether (sulfide) groups is 1. The summed E-state index contributed by atoms with van der Waals surface area (Å²) in [5, 5.41) is 15.3. The molecule has 0 spiro atoms. The lowest BCUT2D eigenvalue weighted by molar-refractivity contribution is -0.383. The molecule has 0 radical (unpaired) electrons.